The number of H-pyrrole nitrogens is 1. The molecule has 1 saturated heterocycles. The zero-order valence-electron chi connectivity index (χ0n) is 10.8. The molecule has 1 aliphatic rings. The smallest absolute Gasteiger partial charge is 0.257 e. The number of piperazine rings is 1. The fourth-order valence-corrected chi connectivity index (χ4v) is 2.63. The van der Waals surface area contributed by atoms with E-state index in [2.05, 4.69) is 21.8 Å². The average Bonchev–Trinajstić information content (AvgIpc) is 2.38. The van der Waals surface area contributed by atoms with Crippen LogP contribution in [0.1, 0.15) is 0 Å². The van der Waals surface area contributed by atoms with Crippen LogP contribution >= 0.6 is 11.6 Å². The highest BCUT2D eigenvalue weighted by molar-refractivity contribution is 6.31. The molecule has 4 nitrogen and oxygen atoms in total. The fraction of sp³-hybridized carbons (Fsp3) is 0.357. The summed E-state index contributed by atoms with van der Waals surface area (Å²) >= 11 is 6.00. The Morgan fingerprint density at radius 3 is 2.63 bits per heavy atom. The molecule has 1 aromatic heterocycles. The molecule has 1 aliphatic heterocycles. The zero-order valence-corrected chi connectivity index (χ0v) is 11.6. The van der Waals surface area contributed by atoms with Gasteiger partial charge in [-0.3, -0.25) is 4.79 Å². The third-order valence-electron chi connectivity index (χ3n) is 3.64. The molecular formula is C14H16ClN3O. The van der Waals surface area contributed by atoms with E-state index in [0.717, 1.165) is 37.4 Å². The molecule has 0 saturated carbocycles. The summed E-state index contributed by atoms with van der Waals surface area (Å²) in [5.41, 5.74) is -0.0527. The van der Waals surface area contributed by atoms with E-state index >= 15 is 0 Å². The molecule has 100 valence electrons. The van der Waals surface area contributed by atoms with Crippen molar-refractivity contribution in [2.75, 3.05) is 38.1 Å². The third kappa shape index (κ3) is 2.46. The highest BCUT2D eigenvalue weighted by Gasteiger charge is 2.15. The minimum Gasteiger partial charge on any atom is -0.356 e. The molecule has 0 amide bonds. The van der Waals surface area contributed by atoms with E-state index in [1.165, 1.54) is 0 Å². The Balaban J connectivity index is 2.03. The van der Waals surface area contributed by atoms with Crippen LogP contribution in [0.3, 0.4) is 0 Å². The maximum Gasteiger partial charge on any atom is 0.257 e. The zero-order chi connectivity index (χ0) is 13.4. The number of anilines is 1. The van der Waals surface area contributed by atoms with E-state index in [0.29, 0.717) is 10.4 Å². The number of aromatic nitrogens is 1. The van der Waals surface area contributed by atoms with Crippen LogP contribution in [0.15, 0.2) is 29.1 Å². The van der Waals surface area contributed by atoms with Crippen LogP contribution in [0.25, 0.3) is 10.8 Å². The molecule has 1 aromatic carbocycles. The predicted molar refractivity (Wildman–Crippen MR) is 79.3 cm³/mol. The molecule has 0 radical (unpaired) electrons. The highest BCUT2D eigenvalue weighted by atomic mass is 35.5. The van der Waals surface area contributed by atoms with Gasteiger partial charge in [0, 0.05) is 36.6 Å². The average molecular weight is 278 g/mol. The molecule has 1 N–H and O–H groups in total. The van der Waals surface area contributed by atoms with E-state index in [1.54, 1.807) is 12.1 Å². The van der Waals surface area contributed by atoms with Gasteiger partial charge in [-0.15, -0.1) is 0 Å². The standard InChI is InChI=1S/C14H16ClN3O/c1-17-4-6-18(7-5-17)13-9-10-8-11(15)2-3-12(10)14(19)16-13/h2-3,8-9H,4-7H2,1H3,(H,16,19). The topological polar surface area (TPSA) is 39.3 Å². The van der Waals surface area contributed by atoms with E-state index in [4.69, 9.17) is 11.6 Å². The van der Waals surface area contributed by atoms with Crippen LogP contribution in [0.2, 0.25) is 5.02 Å². The number of aromatic amines is 1. The van der Waals surface area contributed by atoms with Gasteiger partial charge in [-0.1, -0.05) is 11.6 Å². The van der Waals surface area contributed by atoms with Crippen LogP contribution in [-0.2, 0) is 0 Å². The Labute approximate surface area is 116 Å². The summed E-state index contributed by atoms with van der Waals surface area (Å²) in [5.74, 6) is 0.882. The molecule has 0 unspecified atom stereocenters. The van der Waals surface area contributed by atoms with Gasteiger partial charge < -0.3 is 14.8 Å². The van der Waals surface area contributed by atoms with E-state index in [1.807, 2.05) is 12.1 Å². The van der Waals surface area contributed by atoms with Crippen molar-refractivity contribution in [2.24, 2.45) is 0 Å². The van der Waals surface area contributed by atoms with Crippen LogP contribution in [0, 0.1) is 0 Å². The van der Waals surface area contributed by atoms with Crippen LogP contribution in [0.5, 0.6) is 0 Å². The van der Waals surface area contributed by atoms with Crippen molar-refractivity contribution in [1.29, 1.82) is 0 Å². The predicted octanol–water partition coefficient (Wildman–Crippen LogP) is 1.93. The summed E-state index contributed by atoms with van der Waals surface area (Å²) in [6, 6.07) is 7.36. The third-order valence-corrected chi connectivity index (χ3v) is 3.87. The van der Waals surface area contributed by atoms with E-state index in [-0.39, 0.29) is 5.56 Å². The maximum absolute atomic E-state index is 12.1. The Bertz CT molecular complexity index is 659. The summed E-state index contributed by atoms with van der Waals surface area (Å²) in [6.07, 6.45) is 0. The molecule has 0 aliphatic carbocycles. The molecule has 1 fully saturated rings. The molecule has 0 spiro atoms. The lowest BCUT2D eigenvalue weighted by Crippen LogP contribution is -2.45. The van der Waals surface area contributed by atoms with Gasteiger partial charge in [0.15, 0.2) is 0 Å². The van der Waals surface area contributed by atoms with Gasteiger partial charge in [-0.25, -0.2) is 0 Å². The molecule has 2 aromatic rings. The van der Waals surface area contributed by atoms with Gasteiger partial charge in [0.25, 0.3) is 5.56 Å². The summed E-state index contributed by atoms with van der Waals surface area (Å²) in [7, 11) is 2.11. The Hall–Kier alpha value is -1.52. The molecular weight excluding hydrogens is 262 g/mol. The summed E-state index contributed by atoms with van der Waals surface area (Å²) in [6.45, 7) is 3.88. The quantitative estimate of drug-likeness (QED) is 0.866. The van der Waals surface area contributed by atoms with Crippen LogP contribution < -0.4 is 10.5 Å². The van der Waals surface area contributed by atoms with Gasteiger partial charge in [-0.2, -0.15) is 0 Å². The minimum atomic E-state index is -0.0527. The number of hydrogen-bond donors (Lipinski definition) is 1. The van der Waals surface area contributed by atoms with Gasteiger partial charge in [0.1, 0.15) is 5.82 Å². The summed E-state index contributed by atoms with van der Waals surface area (Å²) in [5, 5.41) is 2.23. The number of hydrogen-bond acceptors (Lipinski definition) is 3. The number of rotatable bonds is 1. The molecule has 0 bridgehead atoms. The second-order valence-electron chi connectivity index (χ2n) is 5.01. The number of nitrogens with one attached hydrogen (secondary N) is 1. The van der Waals surface area contributed by atoms with Gasteiger partial charge in [-0.05, 0) is 36.7 Å². The Morgan fingerprint density at radius 1 is 1.16 bits per heavy atom. The molecule has 19 heavy (non-hydrogen) atoms. The summed E-state index contributed by atoms with van der Waals surface area (Å²) < 4.78 is 0. The first-order valence-electron chi connectivity index (χ1n) is 6.39. The lowest BCUT2D eigenvalue weighted by Gasteiger charge is -2.33. The first-order valence-corrected chi connectivity index (χ1v) is 6.77. The molecule has 0 atom stereocenters. The first kappa shape index (κ1) is 12.5. The minimum absolute atomic E-state index is 0.0527. The largest absolute Gasteiger partial charge is 0.356 e. The van der Waals surface area contributed by atoms with Gasteiger partial charge >= 0.3 is 0 Å². The Kier molecular flexibility index (Phi) is 3.21. The lowest BCUT2D eigenvalue weighted by atomic mass is 10.1. The monoisotopic (exact) mass is 277 g/mol. The van der Waals surface area contributed by atoms with Gasteiger partial charge in [0.05, 0.1) is 0 Å². The number of likely N-dealkylation sites (N-methyl/N-ethyl adjacent to an activating group) is 1. The number of pyridine rings is 1. The Morgan fingerprint density at radius 2 is 1.89 bits per heavy atom. The van der Waals surface area contributed by atoms with Crippen molar-refractivity contribution in [2.45, 2.75) is 0 Å². The van der Waals surface area contributed by atoms with Crippen molar-refractivity contribution in [3.05, 3.63) is 39.6 Å². The fourth-order valence-electron chi connectivity index (χ4n) is 2.44. The van der Waals surface area contributed by atoms with Gasteiger partial charge in [0.2, 0.25) is 0 Å². The molecule has 3 rings (SSSR count). The second-order valence-corrected chi connectivity index (χ2v) is 5.44. The van der Waals surface area contributed by atoms with Crippen molar-refractivity contribution in [3.8, 4) is 0 Å². The highest BCUT2D eigenvalue weighted by Crippen LogP contribution is 2.21. The molecule has 5 heteroatoms. The number of benzene rings is 1. The number of nitrogens with zero attached hydrogens (tertiary/aromatic N) is 2. The van der Waals surface area contributed by atoms with Crippen molar-refractivity contribution in [1.82, 2.24) is 9.88 Å². The van der Waals surface area contributed by atoms with Crippen molar-refractivity contribution < 1.29 is 0 Å². The van der Waals surface area contributed by atoms with Crippen molar-refractivity contribution >= 4 is 28.2 Å². The number of fused-ring (bicyclic) bond motifs is 1. The van der Waals surface area contributed by atoms with Crippen LogP contribution in [0.4, 0.5) is 5.82 Å². The van der Waals surface area contributed by atoms with Crippen LogP contribution in [-0.4, -0.2) is 43.1 Å². The normalized spacial score (nSPS) is 17.1. The van der Waals surface area contributed by atoms with E-state index < -0.39 is 0 Å². The second kappa shape index (κ2) is 4.87. The summed E-state index contributed by atoms with van der Waals surface area (Å²) in [4.78, 5) is 19.5. The molecule has 2 heterocycles. The van der Waals surface area contributed by atoms with Crippen molar-refractivity contribution in [3.63, 3.8) is 0 Å². The van der Waals surface area contributed by atoms with E-state index in [9.17, 15) is 4.79 Å². The SMILES string of the molecule is CN1CCN(c2cc3cc(Cl)ccc3c(=O)[nH]2)CC1. The number of halogens is 1. The first-order chi connectivity index (χ1) is 9.13. The lowest BCUT2D eigenvalue weighted by molar-refractivity contribution is 0.312. The maximum atomic E-state index is 12.1.